The van der Waals surface area contributed by atoms with Crippen molar-refractivity contribution in [1.82, 2.24) is 9.80 Å². The van der Waals surface area contributed by atoms with Gasteiger partial charge >= 0.3 is 0 Å². The number of carbonyl (C=O) groups excluding carboxylic acids is 1. The van der Waals surface area contributed by atoms with E-state index >= 15 is 0 Å². The molecule has 21 heavy (non-hydrogen) atoms. The minimum atomic E-state index is -0.0558. The largest absolute Gasteiger partial charge is 0.373 e. The topological polar surface area (TPSA) is 35.6 Å². The van der Waals surface area contributed by atoms with Crippen molar-refractivity contribution >= 4 is 11.6 Å². The molecule has 3 heterocycles. The number of rotatable bonds is 2. The Morgan fingerprint density at radius 1 is 1.14 bits per heavy atom. The molecule has 1 amide bonds. The zero-order chi connectivity index (χ0) is 14.2. The second kappa shape index (κ2) is 5.34. The van der Waals surface area contributed by atoms with Crippen LogP contribution < -0.4 is 5.32 Å². The van der Waals surface area contributed by atoms with Gasteiger partial charge in [0.2, 0.25) is 5.91 Å². The first-order valence-corrected chi connectivity index (χ1v) is 8.18. The number of hydrogen-bond acceptors (Lipinski definition) is 3. The van der Waals surface area contributed by atoms with Crippen molar-refractivity contribution in [2.45, 2.75) is 37.8 Å². The van der Waals surface area contributed by atoms with Gasteiger partial charge in [0.05, 0.1) is 0 Å². The van der Waals surface area contributed by atoms with E-state index in [9.17, 15) is 4.79 Å². The van der Waals surface area contributed by atoms with E-state index in [1.165, 1.54) is 31.5 Å². The lowest BCUT2D eigenvalue weighted by atomic mass is 10.1. The van der Waals surface area contributed by atoms with Crippen LogP contribution in [-0.4, -0.2) is 54.0 Å². The van der Waals surface area contributed by atoms with Gasteiger partial charge in [0.25, 0.3) is 0 Å². The molecule has 0 unspecified atom stereocenters. The molecule has 1 aromatic carbocycles. The third-order valence-corrected chi connectivity index (χ3v) is 5.20. The Morgan fingerprint density at radius 2 is 1.95 bits per heavy atom. The number of fused-ring (bicyclic) bond motifs is 1. The predicted molar refractivity (Wildman–Crippen MR) is 83.3 cm³/mol. The van der Waals surface area contributed by atoms with E-state index in [-0.39, 0.29) is 11.9 Å². The van der Waals surface area contributed by atoms with E-state index in [0.717, 1.165) is 31.6 Å². The van der Waals surface area contributed by atoms with Crippen LogP contribution in [0.3, 0.4) is 0 Å². The highest BCUT2D eigenvalue weighted by molar-refractivity contribution is 5.87. The number of carbonyl (C=O) groups is 1. The number of nitrogens with one attached hydrogen (secondary N) is 1. The molecule has 1 N–H and O–H groups in total. The molecular formula is C17H23N3O. The summed E-state index contributed by atoms with van der Waals surface area (Å²) in [6.45, 7) is 4.29. The Labute approximate surface area is 126 Å². The van der Waals surface area contributed by atoms with Crippen molar-refractivity contribution in [2.75, 3.05) is 31.5 Å². The average Bonchev–Trinajstić information content (AvgIpc) is 3.24. The van der Waals surface area contributed by atoms with E-state index in [1.807, 2.05) is 12.1 Å². The first-order chi connectivity index (χ1) is 10.3. The van der Waals surface area contributed by atoms with Crippen LogP contribution in [0.25, 0.3) is 0 Å². The molecule has 4 rings (SSSR count). The van der Waals surface area contributed by atoms with Gasteiger partial charge in [-0.15, -0.1) is 0 Å². The highest BCUT2D eigenvalue weighted by atomic mass is 16.2. The second-order valence-corrected chi connectivity index (χ2v) is 6.53. The fourth-order valence-electron chi connectivity index (χ4n) is 4.01. The Kier molecular flexibility index (Phi) is 3.34. The van der Waals surface area contributed by atoms with Crippen molar-refractivity contribution in [2.24, 2.45) is 0 Å². The fourth-order valence-corrected chi connectivity index (χ4v) is 4.01. The summed E-state index contributed by atoms with van der Waals surface area (Å²) < 4.78 is 0. The maximum absolute atomic E-state index is 12.7. The van der Waals surface area contributed by atoms with Gasteiger partial charge < -0.3 is 10.2 Å². The molecule has 3 aliphatic rings. The number of nitrogens with zero attached hydrogens (tertiary/aromatic N) is 2. The third kappa shape index (κ3) is 2.42. The van der Waals surface area contributed by atoms with Crippen LogP contribution in [0.2, 0.25) is 0 Å². The first-order valence-electron chi connectivity index (χ1n) is 8.18. The monoisotopic (exact) mass is 285 g/mol. The summed E-state index contributed by atoms with van der Waals surface area (Å²) in [6.07, 6.45) is 4.62. The average molecular weight is 285 g/mol. The molecule has 4 heteroatoms. The molecule has 2 fully saturated rings. The second-order valence-electron chi connectivity index (χ2n) is 6.53. The van der Waals surface area contributed by atoms with Crippen molar-refractivity contribution in [3.05, 3.63) is 29.8 Å². The zero-order valence-corrected chi connectivity index (χ0v) is 12.4. The van der Waals surface area contributed by atoms with E-state index < -0.39 is 0 Å². The molecule has 0 aliphatic carbocycles. The van der Waals surface area contributed by atoms with Gasteiger partial charge in [-0.3, -0.25) is 9.69 Å². The fraction of sp³-hybridized carbons (Fsp3) is 0.588. The van der Waals surface area contributed by atoms with Gasteiger partial charge in [0.1, 0.15) is 6.04 Å². The van der Waals surface area contributed by atoms with Crippen LogP contribution in [0.1, 0.15) is 24.8 Å². The molecule has 112 valence electrons. The van der Waals surface area contributed by atoms with Crippen molar-refractivity contribution < 1.29 is 4.79 Å². The molecule has 0 radical (unpaired) electrons. The summed E-state index contributed by atoms with van der Waals surface area (Å²) in [7, 11) is 0. The molecule has 0 aromatic heterocycles. The summed E-state index contributed by atoms with van der Waals surface area (Å²) in [5.41, 5.74) is 2.40. The Balaban J connectivity index is 1.38. The number of benzene rings is 1. The van der Waals surface area contributed by atoms with Crippen molar-refractivity contribution in [3.8, 4) is 0 Å². The maximum Gasteiger partial charge on any atom is 0.245 e. The number of likely N-dealkylation sites (tertiary alicyclic amines) is 2. The number of para-hydroxylation sites is 1. The standard InChI is InChI=1S/C17H23N3O/c21-17(16-11-13-5-1-2-6-15(13)18-16)20-10-7-14(12-20)19-8-3-4-9-19/h1-2,5-6,14,16,18H,3-4,7-12H2/t14-,16-/m0/s1. The Hall–Kier alpha value is -1.55. The molecule has 1 aromatic rings. The lowest BCUT2D eigenvalue weighted by molar-refractivity contribution is -0.131. The number of amides is 1. The van der Waals surface area contributed by atoms with Crippen LogP contribution >= 0.6 is 0 Å². The van der Waals surface area contributed by atoms with Gasteiger partial charge in [-0.05, 0) is 44.0 Å². The Bertz CT molecular complexity index is 514. The highest BCUT2D eigenvalue weighted by Crippen LogP contribution is 2.27. The molecule has 4 nitrogen and oxygen atoms in total. The molecule has 0 bridgehead atoms. The maximum atomic E-state index is 12.7. The minimum absolute atomic E-state index is 0.0558. The van der Waals surface area contributed by atoms with Gasteiger partial charge in [-0.1, -0.05) is 18.2 Å². The smallest absolute Gasteiger partial charge is 0.245 e. The summed E-state index contributed by atoms with van der Waals surface area (Å²) in [5.74, 6) is 0.285. The molecule has 2 saturated heterocycles. The molecule has 0 spiro atoms. The molecular weight excluding hydrogens is 262 g/mol. The lowest BCUT2D eigenvalue weighted by Gasteiger charge is -2.25. The van der Waals surface area contributed by atoms with Crippen molar-refractivity contribution in [1.29, 1.82) is 0 Å². The van der Waals surface area contributed by atoms with E-state index in [4.69, 9.17) is 0 Å². The van der Waals surface area contributed by atoms with E-state index in [0.29, 0.717) is 6.04 Å². The van der Waals surface area contributed by atoms with Crippen LogP contribution in [0, 0.1) is 0 Å². The van der Waals surface area contributed by atoms with Crippen molar-refractivity contribution in [3.63, 3.8) is 0 Å². The SMILES string of the molecule is O=C([C@@H]1Cc2ccccc2N1)N1CC[C@H](N2CCCC2)C1. The summed E-state index contributed by atoms with van der Waals surface area (Å²) in [5, 5.41) is 3.39. The lowest BCUT2D eigenvalue weighted by Crippen LogP contribution is -2.43. The van der Waals surface area contributed by atoms with E-state index in [2.05, 4.69) is 27.2 Å². The van der Waals surface area contributed by atoms with Crippen LogP contribution in [0.5, 0.6) is 0 Å². The zero-order valence-electron chi connectivity index (χ0n) is 12.4. The Morgan fingerprint density at radius 3 is 2.76 bits per heavy atom. The quantitative estimate of drug-likeness (QED) is 0.899. The minimum Gasteiger partial charge on any atom is -0.373 e. The summed E-state index contributed by atoms with van der Waals surface area (Å²) >= 11 is 0. The first kappa shape index (κ1) is 13.1. The molecule has 2 atom stereocenters. The van der Waals surface area contributed by atoms with Gasteiger partial charge in [-0.25, -0.2) is 0 Å². The number of hydrogen-bond donors (Lipinski definition) is 1. The number of anilines is 1. The summed E-state index contributed by atoms with van der Waals surface area (Å²) in [4.78, 5) is 17.4. The summed E-state index contributed by atoms with van der Waals surface area (Å²) in [6, 6.07) is 8.80. The predicted octanol–water partition coefficient (Wildman–Crippen LogP) is 1.72. The van der Waals surface area contributed by atoms with Gasteiger partial charge in [0.15, 0.2) is 0 Å². The normalized spacial score (nSPS) is 28.7. The van der Waals surface area contributed by atoms with E-state index in [1.54, 1.807) is 0 Å². The van der Waals surface area contributed by atoms with Gasteiger partial charge in [0, 0.05) is 31.2 Å². The van der Waals surface area contributed by atoms with Crippen LogP contribution in [-0.2, 0) is 11.2 Å². The molecule has 0 saturated carbocycles. The van der Waals surface area contributed by atoms with Gasteiger partial charge in [-0.2, -0.15) is 0 Å². The molecule has 3 aliphatic heterocycles. The highest BCUT2D eigenvalue weighted by Gasteiger charge is 2.36. The van der Waals surface area contributed by atoms with Crippen LogP contribution in [0.4, 0.5) is 5.69 Å². The third-order valence-electron chi connectivity index (χ3n) is 5.20. The van der Waals surface area contributed by atoms with Crippen LogP contribution in [0.15, 0.2) is 24.3 Å².